The van der Waals surface area contributed by atoms with Gasteiger partial charge in [0, 0.05) is 21.3 Å². The van der Waals surface area contributed by atoms with Crippen LogP contribution in [-0.2, 0) is 19.0 Å². The average Bonchev–Trinajstić information content (AvgIpc) is 2.00. The standard InChI is InChI=1S/C6H12O5/c1-9-4-6(10-2,11-3)5(7)8/h4H2,1-3H3,(H,7,8). The van der Waals surface area contributed by atoms with E-state index in [0.29, 0.717) is 0 Å². The number of hydrogen-bond donors (Lipinski definition) is 1. The summed E-state index contributed by atoms with van der Waals surface area (Å²) in [4.78, 5) is 10.5. The van der Waals surface area contributed by atoms with E-state index in [4.69, 9.17) is 5.11 Å². The fourth-order valence-electron chi connectivity index (χ4n) is 0.628. The molecule has 1 N–H and O–H groups in total. The van der Waals surface area contributed by atoms with E-state index in [1.807, 2.05) is 0 Å². The predicted octanol–water partition coefficient (Wildman–Crippen LogP) is -0.294. The lowest BCUT2D eigenvalue weighted by Gasteiger charge is -2.24. The van der Waals surface area contributed by atoms with Crippen molar-refractivity contribution >= 4 is 5.97 Å². The van der Waals surface area contributed by atoms with Crippen LogP contribution in [0.4, 0.5) is 0 Å². The number of carbonyl (C=O) groups is 1. The summed E-state index contributed by atoms with van der Waals surface area (Å²) in [6.45, 7) is -0.144. The number of ether oxygens (including phenoxy) is 3. The molecule has 0 amide bonds. The van der Waals surface area contributed by atoms with Crippen molar-refractivity contribution in [3.63, 3.8) is 0 Å². The third-order valence-corrected chi connectivity index (χ3v) is 1.32. The molecule has 66 valence electrons. The second-order valence-corrected chi connectivity index (χ2v) is 1.90. The largest absolute Gasteiger partial charge is 0.477 e. The Hall–Kier alpha value is -0.650. The number of carboxylic acids is 1. The first-order valence-electron chi connectivity index (χ1n) is 2.95. The lowest BCUT2D eigenvalue weighted by molar-refractivity contribution is -0.239. The van der Waals surface area contributed by atoms with E-state index in [1.165, 1.54) is 21.3 Å². The molecule has 0 atom stereocenters. The van der Waals surface area contributed by atoms with Crippen LogP contribution in [0.3, 0.4) is 0 Å². The van der Waals surface area contributed by atoms with Crippen LogP contribution in [0, 0.1) is 0 Å². The topological polar surface area (TPSA) is 65.0 Å². The summed E-state index contributed by atoms with van der Waals surface area (Å²) in [6, 6.07) is 0. The minimum absolute atomic E-state index is 0.144. The fraction of sp³-hybridized carbons (Fsp3) is 0.833. The lowest BCUT2D eigenvalue weighted by atomic mass is 10.3. The maximum absolute atomic E-state index is 10.5. The Bertz CT molecular complexity index is 129. The highest BCUT2D eigenvalue weighted by molar-refractivity contribution is 5.75. The maximum Gasteiger partial charge on any atom is 0.367 e. The zero-order valence-electron chi connectivity index (χ0n) is 6.79. The molecule has 0 spiro atoms. The zero-order chi connectivity index (χ0) is 8.91. The molecule has 5 heteroatoms. The summed E-state index contributed by atoms with van der Waals surface area (Å²) in [5, 5.41) is 8.62. The van der Waals surface area contributed by atoms with Crippen molar-refractivity contribution in [3.8, 4) is 0 Å². The van der Waals surface area contributed by atoms with Gasteiger partial charge in [-0.25, -0.2) is 4.79 Å². The monoisotopic (exact) mass is 164 g/mol. The first-order chi connectivity index (χ1) is 5.13. The molecule has 0 heterocycles. The number of carboxylic acid groups (broad SMARTS) is 1. The molecular formula is C6H12O5. The number of aliphatic carboxylic acids is 1. The molecule has 0 radical (unpaired) electrons. The molecule has 0 aromatic carbocycles. The van der Waals surface area contributed by atoms with Gasteiger partial charge in [0.05, 0.1) is 0 Å². The molecule has 5 nitrogen and oxygen atoms in total. The molecule has 0 aliphatic heterocycles. The first kappa shape index (κ1) is 10.3. The summed E-state index contributed by atoms with van der Waals surface area (Å²) >= 11 is 0. The van der Waals surface area contributed by atoms with Crippen molar-refractivity contribution in [2.75, 3.05) is 27.9 Å². The Morgan fingerprint density at radius 3 is 1.91 bits per heavy atom. The smallest absolute Gasteiger partial charge is 0.367 e. The molecule has 0 rings (SSSR count). The molecular weight excluding hydrogens is 152 g/mol. The van der Waals surface area contributed by atoms with Gasteiger partial charge in [0.2, 0.25) is 0 Å². The van der Waals surface area contributed by atoms with Crippen LogP contribution >= 0.6 is 0 Å². The third kappa shape index (κ3) is 2.14. The maximum atomic E-state index is 10.5. The molecule has 0 aromatic rings. The zero-order valence-corrected chi connectivity index (χ0v) is 6.79. The summed E-state index contributed by atoms with van der Waals surface area (Å²) in [5.74, 6) is -2.88. The summed E-state index contributed by atoms with van der Waals surface area (Å²) < 4.78 is 13.9. The van der Waals surface area contributed by atoms with Gasteiger partial charge in [-0.2, -0.15) is 0 Å². The van der Waals surface area contributed by atoms with Crippen molar-refractivity contribution in [3.05, 3.63) is 0 Å². The first-order valence-corrected chi connectivity index (χ1v) is 2.95. The van der Waals surface area contributed by atoms with E-state index in [9.17, 15) is 4.79 Å². The highest BCUT2D eigenvalue weighted by Crippen LogP contribution is 2.11. The van der Waals surface area contributed by atoms with Crippen molar-refractivity contribution < 1.29 is 24.1 Å². The number of hydrogen-bond acceptors (Lipinski definition) is 4. The second-order valence-electron chi connectivity index (χ2n) is 1.90. The van der Waals surface area contributed by atoms with Gasteiger partial charge in [-0.15, -0.1) is 0 Å². The van der Waals surface area contributed by atoms with Gasteiger partial charge in [0.15, 0.2) is 0 Å². The minimum Gasteiger partial charge on any atom is -0.477 e. The van der Waals surface area contributed by atoms with E-state index in [0.717, 1.165) is 0 Å². The van der Waals surface area contributed by atoms with E-state index >= 15 is 0 Å². The molecule has 0 fully saturated rings. The van der Waals surface area contributed by atoms with Crippen molar-refractivity contribution in [1.29, 1.82) is 0 Å². The highest BCUT2D eigenvalue weighted by atomic mass is 16.7. The van der Waals surface area contributed by atoms with Crippen LogP contribution in [0.1, 0.15) is 0 Å². The van der Waals surface area contributed by atoms with Gasteiger partial charge in [0.1, 0.15) is 6.61 Å². The van der Waals surface area contributed by atoms with Crippen molar-refractivity contribution in [1.82, 2.24) is 0 Å². The van der Waals surface area contributed by atoms with Gasteiger partial charge < -0.3 is 19.3 Å². The van der Waals surface area contributed by atoms with Crippen LogP contribution in [0.2, 0.25) is 0 Å². The summed E-state index contributed by atoms with van der Waals surface area (Å²) in [6.07, 6.45) is 0. The molecule has 0 aliphatic carbocycles. The molecule has 0 saturated carbocycles. The fourth-order valence-corrected chi connectivity index (χ4v) is 0.628. The Morgan fingerprint density at radius 1 is 1.36 bits per heavy atom. The molecule has 0 saturated heterocycles. The molecule has 0 aliphatic rings. The molecule has 0 bridgehead atoms. The Kier molecular flexibility index (Phi) is 4.02. The van der Waals surface area contributed by atoms with E-state index in [2.05, 4.69) is 14.2 Å². The van der Waals surface area contributed by atoms with Gasteiger partial charge in [-0.1, -0.05) is 0 Å². The van der Waals surface area contributed by atoms with Gasteiger partial charge in [0.25, 0.3) is 5.79 Å². The normalized spacial score (nSPS) is 11.5. The van der Waals surface area contributed by atoms with Crippen LogP contribution in [0.5, 0.6) is 0 Å². The second kappa shape index (κ2) is 4.27. The van der Waals surface area contributed by atoms with Crippen molar-refractivity contribution in [2.45, 2.75) is 5.79 Å². The van der Waals surface area contributed by atoms with Crippen LogP contribution < -0.4 is 0 Å². The van der Waals surface area contributed by atoms with E-state index < -0.39 is 11.8 Å². The average molecular weight is 164 g/mol. The third-order valence-electron chi connectivity index (χ3n) is 1.32. The van der Waals surface area contributed by atoms with Gasteiger partial charge >= 0.3 is 5.97 Å². The van der Waals surface area contributed by atoms with Crippen LogP contribution in [-0.4, -0.2) is 44.8 Å². The van der Waals surface area contributed by atoms with E-state index in [-0.39, 0.29) is 6.61 Å². The molecule has 0 aromatic heterocycles. The Labute approximate surface area is 64.9 Å². The van der Waals surface area contributed by atoms with Gasteiger partial charge in [-0.3, -0.25) is 0 Å². The number of methoxy groups -OCH3 is 3. The predicted molar refractivity (Wildman–Crippen MR) is 36.3 cm³/mol. The number of rotatable bonds is 5. The van der Waals surface area contributed by atoms with Crippen molar-refractivity contribution in [2.24, 2.45) is 0 Å². The highest BCUT2D eigenvalue weighted by Gasteiger charge is 2.39. The summed E-state index contributed by atoms with van der Waals surface area (Å²) in [7, 11) is 3.86. The van der Waals surface area contributed by atoms with Gasteiger partial charge in [-0.05, 0) is 0 Å². The Morgan fingerprint density at radius 2 is 1.82 bits per heavy atom. The van der Waals surface area contributed by atoms with Crippen LogP contribution in [0.25, 0.3) is 0 Å². The molecule has 11 heavy (non-hydrogen) atoms. The summed E-state index contributed by atoms with van der Waals surface area (Å²) in [5.41, 5.74) is 0. The Balaban J connectivity index is 4.32. The minimum atomic E-state index is -1.67. The quantitative estimate of drug-likeness (QED) is 0.565. The van der Waals surface area contributed by atoms with Crippen LogP contribution in [0.15, 0.2) is 0 Å². The SMILES string of the molecule is COCC(OC)(OC)C(=O)O. The van der Waals surface area contributed by atoms with E-state index in [1.54, 1.807) is 0 Å². The molecule has 0 unspecified atom stereocenters. The lowest BCUT2D eigenvalue weighted by Crippen LogP contribution is -2.46.